The molecule has 1 N–H and O–H groups in total. The van der Waals surface area contributed by atoms with Crippen LogP contribution in [0.25, 0.3) is 0 Å². The number of hydrogen-bond donors (Lipinski definition) is 1. The fraction of sp³-hybridized carbons (Fsp3) is 0.250. The van der Waals surface area contributed by atoms with Crippen LogP contribution in [-0.4, -0.2) is 13.1 Å². The number of ether oxygens (including phenoxy) is 1. The van der Waals surface area contributed by atoms with Crippen LogP contribution in [0.4, 0.5) is 5.69 Å². The van der Waals surface area contributed by atoms with Crippen molar-refractivity contribution in [3.8, 4) is 0 Å². The van der Waals surface area contributed by atoms with Crippen molar-refractivity contribution in [1.82, 2.24) is 0 Å². The van der Waals surface area contributed by atoms with Gasteiger partial charge in [-0.3, -0.25) is 0 Å². The number of rotatable bonds is 2. The number of methoxy groups -OCH3 is 1. The second-order valence-electron chi connectivity index (χ2n) is 6.29. The second kappa shape index (κ2) is 5.99. The first-order valence-electron chi connectivity index (χ1n) is 8.09. The van der Waals surface area contributed by atoms with Crippen molar-refractivity contribution in [3.05, 3.63) is 76.3 Å². The van der Waals surface area contributed by atoms with Gasteiger partial charge in [-0.25, -0.2) is 4.79 Å². The maximum absolute atomic E-state index is 11.6. The molecule has 2 aromatic rings. The van der Waals surface area contributed by atoms with E-state index in [0.717, 1.165) is 22.7 Å². The number of fused-ring (bicyclic) bond motifs is 3. The minimum Gasteiger partial charge on any atom is -0.465 e. The molecule has 4 heteroatoms. The highest BCUT2D eigenvalue weighted by molar-refractivity contribution is 6.33. The average Bonchev–Trinajstić information content (AvgIpc) is 3.11. The molecule has 0 radical (unpaired) electrons. The predicted octanol–water partition coefficient (Wildman–Crippen LogP) is 4.95. The zero-order chi connectivity index (χ0) is 16.7. The van der Waals surface area contributed by atoms with Crippen LogP contribution in [0, 0.1) is 5.92 Å². The van der Waals surface area contributed by atoms with Crippen LogP contribution in [0.2, 0.25) is 5.02 Å². The molecule has 0 saturated heterocycles. The van der Waals surface area contributed by atoms with E-state index in [2.05, 4.69) is 23.5 Å². The van der Waals surface area contributed by atoms with E-state index in [9.17, 15) is 4.79 Å². The topological polar surface area (TPSA) is 38.3 Å². The fourth-order valence-electron chi connectivity index (χ4n) is 3.86. The van der Waals surface area contributed by atoms with Crippen LogP contribution in [-0.2, 0) is 4.74 Å². The molecule has 0 amide bonds. The first-order valence-corrected chi connectivity index (χ1v) is 8.46. The van der Waals surface area contributed by atoms with Gasteiger partial charge < -0.3 is 10.1 Å². The molecule has 0 saturated carbocycles. The molecule has 2 aromatic carbocycles. The van der Waals surface area contributed by atoms with Crippen molar-refractivity contribution in [2.45, 2.75) is 18.4 Å². The van der Waals surface area contributed by atoms with Gasteiger partial charge in [0.2, 0.25) is 0 Å². The van der Waals surface area contributed by atoms with Crippen LogP contribution < -0.4 is 5.32 Å². The van der Waals surface area contributed by atoms with Crippen LogP contribution in [0.1, 0.15) is 39.9 Å². The molecule has 2 aliphatic rings. The molecule has 3 nitrogen and oxygen atoms in total. The number of carbonyl (C=O) groups is 1. The Morgan fingerprint density at radius 2 is 2.00 bits per heavy atom. The van der Waals surface area contributed by atoms with E-state index in [1.165, 1.54) is 12.7 Å². The molecule has 4 rings (SSSR count). The minimum absolute atomic E-state index is 0.170. The van der Waals surface area contributed by atoms with E-state index < -0.39 is 0 Å². The molecular formula is C20H18ClNO2. The third-order valence-corrected chi connectivity index (χ3v) is 5.35. The molecule has 0 bridgehead atoms. The average molecular weight is 340 g/mol. The van der Waals surface area contributed by atoms with Crippen LogP contribution in [0.3, 0.4) is 0 Å². The molecule has 1 aliphatic heterocycles. The number of allylic oxidation sites excluding steroid dienone is 2. The van der Waals surface area contributed by atoms with Gasteiger partial charge in [-0.05, 0) is 41.7 Å². The first kappa shape index (κ1) is 15.3. The Kier molecular flexibility index (Phi) is 3.81. The fourth-order valence-corrected chi connectivity index (χ4v) is 4.09. The maximum atomic E-state index is 11.6. The highest BCUT2D eigenvalue weighted by atomic mass is 35.5. The standard InChI is InChI=1S/C20H18ClNO2/c1-24-20(23)13-10-8-12(9-11-13)18-15-5-2-4-14(15)16-6-3-7-17(21)19(16)22-18/h2-4,6-11,14-15,18,22H,5H2,1H3/t14-,15-,18+/m1/s1. The van der Waals surface area contributed by atoms with E-state index in [0.29, 0.717) is 17.4 Å². The summed E-state index contributed by atoms with van der Waals surface area (Å²) in [6.07, 6.45) is 5.58. The first-order chi connectivity index (χ1) is 11.7. The lowest BCUT2D eigenvalue weighted by atomic mass is 9.77. The molecule has 1 aliphatic carbocycles. The zero-order valence-electron chi connectivity index (χ0n) is 13.3. The summed E-state index contributed by atoms with van der Waals surface area (Å²) in [5, 5.41) is 4.38. The smallest absolute Gasteiger partial charge is 0.337 e. The molecular weight excluding hydrogens is 322 g/mol. The Hall–Kier alpha value is -2.26. The van der Waals surface area contributed by atoms with Crippen molar-refractivity contribution < 1.29 is 9.53 Å². The van der Waals surface area contributed by atoms with Crippen LogP contribution in [0.15, 0.2) is 54.6 Å². The van der Waals surface area contributed by atoms with E-state index in [-0.39, 0.29) is 12.0 Å². The predicted molar refractivity (Wildman–Crippen MR) is 95.6 cm³/mol. The maximum Gasteiger partial charge on any atom is 0.337 e. The van der Waals surface area contributed by atoms with Crippen molar-refractivity contribution in [3.63, 3.8) is 0 Å². The minimum atomic E-state index is -0.313. The molecule has 24 heavy (non-hydrogen) atoms. The van der Waals surface area contributed by atoms with Gasteiger partial charge in [0.15, 0.2) is 0 Å². The summed E-state index contributed by atoms with van der Waals surface area (Å²) in [4.78, 5) is 11.6. The van der Waals surface area contributed by atoms with Gasteiger partial charge in [-0.2, -0.15) is 0 Å². The summed E-state index contributed by atoms with van der Waals surface area (Å²) in [5.74, 6) is 0.525. The second-order valence-corrected chi connectivity index (χ2v) is 6.70. The highest BCUT2D eigenvalue weighted by Crippen LogP contribution is 2.51. The largest absolute Gasteiger partial charge is 0.465 e. The number of para-hydroxylation sites is 1. The van der Waals surface area contributed by atoms with Crippen molar-refractivity contribution in [2.24, 2.45) is 5.92 Å². The Bertz CT molecular complexity index is 813. The Balaban J connectivity index is 1.71. The van der Waals surface area contributed by atoms with Crippen molar-refractivity contribution in [1.29, 1.82) is 0 Å². The Morgan fingerprint density at radius 3 is 2.75 bits per heavy atom. The number of benzene rings is 2. The summed E-state index contributed by atoms with van der Waals surface area (Å²) in [7, 11) is 1.40. The Labute approximate surface area is 146 Å². The molecule has 0 aromatic heterocycles. The van der Waals surface area contributed by atoms with Gasteiger partial charge in [0, 0.05) is 5.92 Å². The normalized spacial score (nSPS) is 24.0. The quantitative estimate of drug-likeness (QED) is 0.621. The number of anilines is 1. The molecule has 0 fully saturated rings. The van der Waals surface area contributed by atoms with Gasteiger partial charge in [0.25, 0.3) is 0 Å². The van der Waals surface area contributed by atoms with Crippen LogP contribution in [0.5, 0.6) is 0 Å². The summed E-state index contributed by atoms with van der Waals surface area (Å²) in [6.45, 7) is 0. The van der Waals surface area contributed by atoms with Gasteiger partial charge >= 0.3 is 5.97 Å². The molecule has 0 unspecified atom stereocenters. The number of esters is 1. The molecule has 3 atom stereocenters. The molecule has 0 spiro atoms. The lowest BCUT2D eigenvalue weighted by molar-refractivity contribution is 0.0600. The lowest BCUT2D eigenvalue weighted by Gasteiger charge is -2.38. The van der Waals surface area contributed by atoms with E-state index in [4.69, 9.17) is 16.3 Å². The third-order valence-electron chi connectivity index (χ3n) is 5.04. The lowest BCUT2D eigenvalue weighted by Crippen LogP contribution is -2.29. The number of halogens is 1. The zero-order valence-corrected chi connectivity index (χ0v) is 14.1. The summed E-state index contributed by atoms with van der Waals surface area (Å²) in [6, 6.07) is 13.9. The monoisotopic (exact) mass is 339 g/mol. The van der Waals surface area contributed by atoms with E-state index in [1.807, 2.05) is 36.4 Å². The summed E-state index contributed by atoms with van der Waals surface area (Å²) >= 11 is 6.42. The SMILES string of the molecule is COC(=O)c1ccc([C@@H]2Nc3c(Cl)cccc3[C@@H]3C=CC[C@H]32)cc1. The van der Waals surface area contributed by atoms with Gasteiger partial charge in [0.05, 0.1) is 29.4 Å². The number of carbonyl (C=O) groups excluding carboxylic acids is 1. The van der Waals surface area contributed by atoms with E-state index in [1.54, 1.807) is 0 Å². The summed E-state index contributed by atoms with van der Waals surface area (Å²) < 4.78 is 4.77. The van der Waals surface area contributed by atoms with Crippen molar-refractivity contribution >= 4 is 23.3 Å². The number of hydrogen-bond acceptors (Lipinski definition) is 3. The van der Waals surface area contributed by atoms with Crippen LogP contribution >= 0.6 is 11.6 Å². The van der Waals surface area contributed by atoms with Gasteiger partial charge in [0.1, 0.15) is 0 Å². The van der Waals surface area contributed by atoms with E-state index >= 15 is 0 Å². The summed E-state index contributed by atoms with van der Waals surface area (Å²) in [5.41, 5.74) is 4.02. The highest BCUT2D eigenvalue weighted by Gasteiger charge is 2.38. The van der Waals surface area contributed by atoms with Crippen molar-refractivity contribution in [2.75, 3.05) is 12.4 Å². The van der Waals surface area contributed by atoms with Gasteiger partial charge in [-0.1, -0.05) is 48.0 Å². The van der Waals surface area contributed by atoms with Gasteiger partial charge in [-0.15, -0.1) is 0 Å². The number of nitrogens with one attached hydrogen (secondary N) is 1. The Morgan fingerprint density at radius 1 is 1.21 bits per heavy atom. The molecule has 1 heterocycles. The molecule has 122 valence electrons. The third kappa shape index (κ3) is 2.40.